The summed E-state index contributed by atoms with van der Waals surface area (Å²) in [5, 5.41) is 3.72. The van der Waals surface area contributed by atoms with E-state index < -0.39 is 0 Å². The molecule has 110 valence electrons. The number of halogens is 1. The number of hydrogen-bond donors (Lipinski definition) is 1. The summed E-state index contributed by atoms with van der Waals surface area (Å²) in [5.74, 6) is 0.610. The lowest BCUT2D eigenvalue weighted by Crippen LogP contribution is -2.63. The Hall–Kier alpha value is -1.00. The summed E-state index contributed by atoms with van der Waals surface area (Å²) in [6.07, 6.45) is 6.87. The summed E-state index contributed by atoms with van der Waals surface area (Å²) in [6.45, 7) is 7.41. The Labute approximate surface area is 120 Å². The van der Waals surface area contributed by atoms with E-state index in [9.17, 15) is 4.39 Å². The number of nitrogens with zero attached hydrogens (tertiary/aromatic N) is 2. The molecule has 2 fully saturated rings. The Morgan fingerprint density at radius 2 is 2.25 bits per heavy atom. The van der Waals surface area contributed by atoms with Crippen LogP contribution in [0.3, 0.4) is 0 Å². The zero-order valence-electron chi connectivity index (χ0n) is 12.4. The molecule has 2 aliphatic rings. The topological polar surface area (TPSA) is 28.2 Å². The maximum absolute atomic E-state index is 13.3. The maximum atomic E-state index is 13.3. The highest BCUT2D eigenvalue weighted by molar-refractivity contribution is 5.12. The Morgan fingerprint density at radius 1 is 1.45 bits per heavy atom. The number of pyridine rings is 1. The van der Waals surface area contributed by atoms with Crippen LogP contribution in [0.5, 0.6) is 0 Å². The van der Waals surface area contributed by atoms with Crippen LogP contribution in [0.25, 0.3) is 0 Å². The Bertz CT molecular complexity index is 475. The van der Waals surface area contributed by atoms with Crippen molar-refractivity contribution in [3.63, 3.8) is 0 Å². The van der Waals surface area contributed by atoms with E-state index in [0.29, 0.717) is 6.04 Å². The van der Waals surface area contributed by atoms with E-state index in [1.807, 2.05) is 0 Å². The maximum Gasteiger partial charge on any atom is 0.141 e. The van der Waals surface area contributed by atoms with E-state index in [2.05, 4.69) is 29.0 Å². The molecule has 0 bridgehead atoms. The molecule has 20 heavy (non-hydrogen) atoms. The molecule has 3 nitrogen and oxygen atoms in total. The average molecular weight is 277 g/mol. The van der Waals surface area contributed by atoms with Crippen LogP contribution in [0, 0.1) is 11.7 Å². The highest BCUT2D eigenvalue weighted by atomic mass is 19.1. The first kappa shape index (κ1) is 14.0. The third kappa shape index (κ3) is 2.86. The molecule has 0 spiro atoms. The van der Waals surface area contributed by atoms with Crippen LogP contribution in [0.2, 0.25) is 0 Å². The first-order valence-electron chi connectivity index (χ1n) is 7.68. The summed E-state index contributed by atoms with van der Waals surface area (Å²) < 4.78 is 13.3. The summed E-state index contributed by atoms with van der Waals surface area (Å²) in [6, 6.07) is 2.22. The van der Waals surface area contributed by atoms with E-state index in [1.165, 1.54) is 19.0 Å². The second kappa shape index (κ2) is 5.41. The molecule has 1 N–H and O–H groups in total. The third-order valence-corrected chi connectivity index (χ3v) is 5.01. The molecule has 2 unspecified atom stereocenters. The number of nitrogens with one attached hydrogen (secondary N) is 1. The van der Waals surface area contributed by atoms with Gasteiger partial charge in [-0.05, 0) is 43.7 Å². The van der Waals surface area contributed by atoms with Crippen molar-refractivity contribution in [3.8, 4) is 0 Å². The van der Waals surface area contributed by atoms with Gasteiger partial charge in [0.25, 0.3) is 0 Å². The van der Waals surface area contributed by atoms with Crippen LogP contribution in [0.15, 0.2) is 18.5 Å². The third-order valence-electron chi connectivity index (χ3n) is 5.01. The van der Waals surface area contributed by atoms with Crippen molar-refractivity contribution in [1.29, 1.82) is 0 Å². The van der Waals surface area contributed by atoms with Crippen LogP contribution in [-0.4, -0.2) is 34.6 Å². The molecule has 1 aromatic rings. The molecule has 2 heterocycles. The van der Waals surface area contributed by atoms with Crippen molar-refractivity contribution in [2.24, 2.45) is 5.92 Å². The van der Waals surface area contributed by atoms with Gasteiger partial charge in [0.15, 0.2) is 0 Å². The fourth-order valence-corrected chi connectivity index (χ4v) is 3.17. The van der Waals surface area contributed by atoms with Gasteiger partial charge in [-0.3, -0.25) is 9.88 Å². The van der Waals surface area contributed by atoms with Crippen molar-refractivity contribution >= 4 is 0 Å². The minimum absolute atomic E-state index is 0.151. The molecular formula is C16H24FN3. The minimum atomic E-state index is -0.241. The molecule has 1 aliphatic carbocycles. The van der Waals surface area contributed by atoms with Crippen molar-refractivity contribution in [1.82, 2.24) is 15.2 Å². The molecule has 1 saturated carbocycles. The van der Waals surface area contributed by atoms with Gasteiger partial charge in [-0.1, -0.05) is 6.92 Å². The van der Waals surface area contributed by atoms with Gasteiger partial charge in [0.1, 0.15) is 5.82 Å². The van der Waals surface area contributed by atoms with Gasteiger partial charge in [-0.15, -0.1) is 0 Å². The number of aromatic nitrogens is 1. The first-order chi connectivity index (χ1) is 9.60. The number of piperazine rings is 1. The Balaban J connectivity index is 1.75. The van der Waals surface area contributed by atoms with Gasteiger partial charge >= 0.3 is 0 Å². The summed E-state index contributed by atoms with van der Waals surface area (Å²) in [4.78, 5) is 6.49. The molecule has 1 saturated heterocycles. The number of rotatable bonds is 4. The van der Waals surface area contributed by atoms with E-state index in [-0.39, 0.29) is 11.4 Å². The zero-order valence-corrected chi connectivity index (χ0v) is 12.4. The standard InChI is InChI=1S/C16H24FN3/c1-3-16(2)11-19-15(13-4-5-13)10-20(16)9-12-6-14(17)8-18-7-12/h6-8,13,15,19H,3-5,9-11H2,1-2H3. The van der Waals surface area contributed by atoms with Crippen LogP contribution >= 0.6 is 0 Å². The van der Waals surface area contributed by atoms with Crippen LogP contribution in [-0.2, 0) is 6.54 Å². The Kier molecular flexibility index (Phi) is 3.78. The lowest BCUT2D eigenvalue weighted by molar-refractivity contribution is 0.0368. The van der Waals surface area contributed by atoms with E-state index >= 15 is 0 Å². The molecule has 0 radical (unpaired) electrons. The molecule has 3 rings (SSSR count). The fraction of sp³-hybridized carbons (Fsp3) is 0.688. The SMILES string of the molecule is CCC1(C)CNC(C2CC2)CN1Cc1cncc(F)c1. The summed E-state index contributed by atoms with van der Waals surface area (Å²) in [5.41, 5.74) is 1.12. The molecule has 1 aliphatic heterocycles. The monoisotopic (exact) mass is 277 g/mol. The van der Waals surface area contributed by atoms with E-state index in [0.717, 1.165) is 37.5 Å². The summed E-state index contributed by atoms with van der Waals surface area (Å²) >= 11 is 0. The fourth-order valence-electron chi connectivity index (χ4n) is 3.17. The highest BCUT2D eigenvalue weighted by Crippen LogP contribution is 2.36. The van der Waals surface area contributed by atoms with Gasteiger partial charge < -0.3 is 5.32 Å². The molecular weight excluding hydrogens is 253 g/mol. The van der Waals surface area contributed by atoms with Crippen molar-refractivity contribution < 1.29 is 4.39 Å². The molecule has 0 aromatic carbocycles. The smallest absolute Gasteiger partial charge is 0.141 e. The molecule has 0 amide bonds. The first-order valence-corrected chi connectivity index (χ1v) is 7.68. The van der Waals surface area contributed by atoms with Crippen molar-refractivity contribution in [2.45, 2.75) is 51.2 Å². The van der Waals surface area contributed by atoms with E-state index in [1.54, 1.807) is 12.3 Å². The predicted octanol–water partition coefficient (Wildman–Crippen LogP) is 2.57. The normalized spacial score (nSPS) is 31.4. The van der Waals surface area contributed by atoms with Crippen LogP contribution < -0.4 is 5.32 Å². The Morgan fingerprint density at radius 3 is 2.90 bits per heavy atom. The second-order valence-electron chi connectivity index (χ2n) is 6.57. The van der Waals surface area contributed by atoms with Crippen LogP contribution in [0.1, 0.15) is 38.7 Å². The molecule has 4 heteroatoms. The largest absolute Gasteiger partial charge is 0.311 e. The molecule has 1 aromatic heterocycles. The van der Waals surface area contributed by atoms with Gasteiger partial charge in [-0.25, -0.2) is 4.39 Å². The lowest BCUT2D eigenvalue weighted by atomic mass is 9.90. The van der Waals surface area contributed by atoms with Crippen molar-refractivity contribution in [3.05, 3.63) is 29.8 Å². The van der Waals surface area contributed by atoms with Gasteiger partial charge in [0, 0.05) is 37.4 Å². The minimum Gasteiger partial charge on any atom is -0.311 e. The summed E-state index contributed by atoms with van der Waals surface area (Å²) in [7, 11) is 0. The van der Waals surface area contributed by atoms with Gasteiger partial charge in [-0.2, -0.15) is 0 Å². The quantitative estimate of drug-likeness (QED) is 0.917. The average Bonchev–Trinajstić information content (AvgIpc) is 3.26. The number of hydrogen-bond acceptors (Lipinski definition) is 3. The van der Waals surface area contributed by atoms with Crippen molar-refractivity contribution in [2.75, 3.05) is 13.1 Å². The second-order valence-corrected chi connectivity index (χ2v) is 6.57. The van der Waals surface area contributed by atoms with Gasteiger partial charge in [0.05, 0.1) is 6.20 Å². The van der Waals surface area contributed by atoms with Crippen LogP contribution in [0.4, 0.5) is 4.39 Å². The zero-order chi connectivity index (χ0) is 14.2. The predicted molar refractivity (Wildman–Crippen MR) is 77.8 cm³/mol. The lowest BCUT2D eigenvalue weighted by Gasteiger charge is -2.48. The van der Waals surface area contributed by atoms with Gasteiger partial charge in [0.2, 0.25) is 0 Å². The highest BCUT2D eigenvalue weighted by Gasteiger charge is 2.41. The van der Waals surface area contributed by atoms with E-state index in [4.69, 9.17) is 0 Å². The molecule has 2 atom stereocenters.